The summed E-state index contributed by atoms with van der Waals surface area (Å²) < 4.78 is 5.09. The van der Waals surface area contributed by atoms with Crippen LogP contribution in [0.2, 0.25) is 5.02 Å². The molecule has 0 aliphatic carbocycles. The number of halogens is 1. The van der Waals surface area contributed by atoms with Crippen LogP contribution in [0.4, 0.5) is 4.79 Å². The maximum absolute atomic E-state index is 11.6. The molecule has 18 heavy (non-hydrogen) atoms. The summed E-state index contributed by atoms with van der Waals surface area (Å²) in [5, 5.41) is 13.3. The standard InChI is InChI=1S/C13H18ClNO3/c1-4-13(17,18-12(16)15-9(2)3)10-7-5-6-8-11(10)14/h5-9,17H,4H2,1-3H3,(H,15,16). The van der Waals surface area contributed by atoms with E-state index in [0.29, 0.717) is 10.6 Å². The molecule has 0 heterocycles. The van der Waals surface area contributed by atoms with Gasteiger partial charge in [0.25, 0.3) is 0 Å². The van der Waals surface area contributed by atoms with E-state index in [2.05, 4.69) is 5.32 Å². The van der Waals surface area contributed by atoms with Gasteiger partial charge in [-0.2, -0.15) is 0 Å². The SMILES string of the molecule is CCC(O)(OC(=O)NC(C)C)c1ccccc1Cl. The molecule has 0 saturated heterocycles. The Kier molecular flexibility index (Phi) is 4.99. The highest BCUT2D eigenvalue weighted by atomic mass is 35.5. The van der Waals surface area contributed by atoms with E-state index in [9.17, 15) is 9.90 Å². The van der Waals surface area contributed by atoms with Crippen molar-refractivity contribution in [2.24, 2.45) is 0 Å². The second kappa shape index (κ2) is 6.07. The average Bonchev–Trinajstić information content (AvgIpc) is 2.28. The highest BCUT2D eigenvalue weighted by molar-refractivity contribution is 6.31. The van der Waals surface area contributed by atoms with Crippen molar-refractivity contribution in [2.45, 2.75) is 39.0 Å². The number of hydrogen-bond donors (Lipinski definition) is 2. The molecule has 1 aromatic rings. The van der Waals surface area contributed by atoms with E-state index in [1.165, 1.54) is 0 Å². The molecule has 1 aromatic carbocycles. The minimum Gasteiger partial charge on any atom is -0.413 e. The molecule has 1 amide bonds. The van der Waals surface area contributed by atoms with Gasteiger partial charge in [-0.1, -0.05) is 36.7 Å². The zero-order chi connectivity index (χ0) is 13.8. The third kappa shape index (κ3) is 3.62. The van der Waals surface area contributed by atoms with Crippen molar-refractivity contribution in [1.29, 1.82) is 0 Å². The highest BCUT2D eigenvalue weighted by Gasteiger charge is 2.34. The summed E-state index contributed by atoms with van der Waals surface area (Å²) in [5.74, 6) is -1.71. The number of carbonyl (C=O) groups is 1. The first-order valence-electron chi connectivity index (χ1n) is 5.86. The second-order valence-electron chi connectivity index (χ2n) is 4.31. The van der Waals surface area contributed by atoms with Gasteiger partial charge in [-0.05, 0) is 19.9 Å². The lowest BCUT2D eigenvalue weighted by molar-refractivity contribution is -0.172. The number of amides is 1. The van der Waals surface area contributed by atoms with Gasteiger partial charge in [0.2, 0.25) is 5.79 Å². The van der Waals surface area contributed by atoms with Gasteiger partial charge in [-0.3, -0.25) is 0 Å². The van der Waals surface area contributed by atoms with Crippen LogP contribution in [0.15, 0.2) is 24.3 Å². The zero-order valence-corrected chi connectivity index (χ0v) is 11.5. The second-order valence-corrected chi connectivity index (χ2v) is 4.71. The van der Waals surface area contributed by atoms with E-state index in [4.69, 9.17) is 16.3 Å². The van der Waals surface area contributed by atoms with Crippen LogP contribution in [0.25, 0.3) is 0 Å². The number of aliphatic hydroxyl groups is 1. The molecule has 1 unspecified atom stereocenters. The molecule has 1 rings (SSSR count). The van der Waals surface area contributed by atoms with Crippen LogP contribution in [0, 0.1) is 0 Å². The van der Waals surface area contributed by atoms with Crippen LogP contribution in [0.5, 0.6) is 0 Å². The van der Waals surface area contributed by atoms with Crippen molar-refractivity contribution in [1.82, 2.24) is 5.32 Å². The third-order valence-corrected chi connectivity index (χ3v) is 2.77. The molecule has 5 heteroatoms. The first kappa shape index (κ1) is 14.8. The van der Waals surface area contributed by atoms with Crippen LogP contribution in [0.1, 0.15) is 32.8 Å². The Bertz CT molecular complexity index is 422. The molecule has 0 fully saturated rings. The minimum absolute atomic E-state index is 0.0650. The summed E-state index contributed by atoms with van der Waals surface area (Å²) >= 11 is 6.00. The molecule has 100 valence electrons. The van der Waals surface area contributed by atoms with Crippen molar-refractivity contribution in [3.8, 4) is 0 Å². The van der Waals surface area contributed by atoms with Gasteiger partial charge in [0.05, 0.1) is 5.02 Å². The number of ether oxygens (including phenoxy) is 1. The topological polar surface area (TPSA) is 58.6 Å². The van der Waals surface area contributed by atoms with Gasteiger partial charge in [-0.25, -0.2) is 4.79 Å². The van der Waals surface area contributed by atoms with Crippen LogP contribution < -0.4 is 5.32 Å². The molecule has 0 aromatic heterocycles. The van der Waals surface area contributed by atoms with Crippen LogP contribution in [-0.2, 0) is 10.5 Å². The number of carbonyl (C=O) groups excluding carboxylic acids is 1. The highest BCUT2D eigenvalue weighted by Crippen LogP contribution is 2.32. The van der Waals surface area contributed by atoms with E-state index in [1.807, 2.05) is 13.8 Å². The van der Waals surface area contributed by atoms with E-state index in [-0.39, 0.29) is 12.5 Å². The van der Waals surface area contributed by atoms with Gasteiger partial charge in [0.15, 0.2) is 0 Å². The molecule has 0 saturated carbocycles. The first-order valence-corrected chi connectivity index (χ1v) is 6.23. The lowest BCUT2D eigenvalue weighted by Crippen LogP contribution is -2.39. The fourth-order valence-corrected chi connectivity index (χ4v) is 1.80. The Balaban J connectivity index is 2.93. The Morgan fingerprint density at radius 3 is 2.61 bits per heavy atom. The molecule has 0 aliphatic rings. The normalized spacial score (nSPS) is 14.1. The Morgan fingerprint density at radius 1 is 1.50 bits per heavy atom. The van der Waals surface area contributed by atoms with E-state index >= 15 is 0 Å². The predicted octanol–water partition coefficient (Wildman–Crippen LogP) is 3.03. The van der Waals surface area contributed by atoms with Crippen LogP contribution in [-0.4, -0.2) is 17.2 Å². The maximum Gasteiger partial charge on any atom is 0.410 e. The van der Waals surface area contributed by atoms with Crippen molar-refractivity contribution >= 4 is 17.7 Å². The van der Waals surface area contributed by atoms with Crippen LogP contribution in [0.3, 0.4) is 0 Å². The molecule has 0 spiro atoms. The summed E-state index contributed by atoms with van der Waals surface area (Å²) in [6, 6.07) is 6.68. The number of rotatable bonds is 4. The molecular weight excluding hydrogens is 254 g/mol. The Morgan fingerprint density at radius 2 is 2.11 bits per heavy atom. The van der Waals surface area contributed by atoms with Crippen molar-refractivity contribution in [2.75, 3.05) is 0 Å². The minimum atomic E-state index is -1.71. The summed E-state index contributed by atoms with van der Waals surface area (Å²) in [7, 11) is 0. The quantitative estimate of drug-likeness (QED) is 0.828. The first-order chi connectivity index (χ1) is 8.39. The molecular formula is C13H18ClNO3. The van der Waals surface area contributed by atoms with Gasteiger partial charge >= 0.3 is 6.09 Å². The van der Waals surface area contributed by atoms with Crippen molar-refractivity contribution in [3.63, 3.8) is 0 Å². The zero-order valence-electron chi connectivity index (χ0n) is 10.7. The summed E-state index contributed by atoms with van der Waals surface area (Å²) in [5.41, 5.74) is 0.382. The van der Waals surface area contributed by atoms with E-state index in [1.54, 1.807) is 31.2 Å². The lowest BCUT2D eigenvalue weighted by atomic mass is 10.0. The third-order valence-electron chi connectivity index (χ3n) is 2.44. The number of hydrogen-bond acceptors (Lipinski definition) is 3. The fraction of sp³-hybridized carbons (Fsp3) is 0.462. The van der Waals surface area contributed by atoms with Gasteiger partial charge in [0, 0.05) is 18.0 Å². The van der Waals surface area contributed by atoms with E-state index in [0.717, 1.165) is 0 Å². The molecule has 4 nitrogen and oxygen atoms in total. The molecule has 0 bridgehead atoms. The maximum atomic E-state index is 11.6. The Hall–Kier alpha value is -1.26. The van der Waals surface area contributed by atoms with Gasteiger partial charge < -0.3 is 15.2 Å². The average molecular weight is 272 g/mol. The number of benzene rings is 1. The smallest absolute Gasteiger partial charge is 0.410 e. The van der Waals surface area contributed by atoms with Crippen molar-refractivity contribution < 1.29 is 14.6 Å². The molecule has 2 N–H and O–H groups in total. The lowest BCUT2D eigenvalue weighted by Gasteiger charge is -2.28. The Labute approximate surface area is 112 Å². The molecule has 0 radical (unpaired) electrons. The monoisotopic (exact) mass is 271 g/mol. The van der Waals surface area contributed by atoms with Crippen molar-refractivity contribution in [3.05, 3.63) is 34.9 Å². The predicted molar refractivity (Wildman–Crippen MR) is 70.4 cm³/mol. The summed E-state index contributed by atoms with van der Waals surface area (Å²) in [4.78, 5) is 11.6. The summed E-state index contributed by atoms with van der Waals surface area (Å²) in [6.07, 6.45) is -0.461. The van der Waals surface area contributed by atoms with E-state index < -0.39 is 11.9 Å². The molecule has 0 aliphatic heterocycles. The largest absolute Gasteiger partial charge is 0.413 e. The number of alkyl carbamates (subject to hydrolysis) is 1. The van der Waals surface area contributed by atoms with Gasteiger partial charge in [0.1, 0.15) is 0 Å². The fourth-order valence-electron chi connectivity index (χ4n) is 1.51. The van der Waals surface area contributed by atoms with Gasteiger partial charge in [-0.15, -0.1) is 0 Å². The molecule has 1 atom stereocenters. The van der Waals surface area contributed by atoms with Crippen LogP contribution >= 0.6 is 11.6 Å². The number of nitrogens with one attached hydrogen (secondary N) is 1. The summed E-state index contributed by atoms with van der Waals surface area (Å²) in [6.45, 7) is 5.33.